The van der Waals surface area contributed by atoms with Crippen molar-refractivity contribution in [3.8, 4) is 17.6 Å². The van der Waals surface area contributed by atoms with E-state index in [1.807, 2.05) is 43.9 Å². The molecule has 0 saturated heterocycles. The lowest BCUT2D eigenvalue weighted by Gasteiger charge is -2.25. The van der Waals surface area contributed by atoms with Crippen LogP contribution >= 0.6 is 0 Å². The molecule has 2 aromatic heterocycles. The zero-order valence-corrected chi connectivity index (χ0v) is 18.9. The van der Waals surface area contributed by atoms with Crippen molar-refractivity contribution in [2.75, 3.05) is 18.1 Å². The second-order valence-corrected chi connectivity index (χ2v) is 9.08. The molecule has 1 aliphatic rings. The number of hydrogen-bond donors (Lipinski definition) is 0. The average molecular weight is 447 g/mol. The maximum absolute atomic E-state index is 15.2. The van der Waals surface area contributed by atoms with E-state index in [1.165, 1.54) is 6.07 Å². The molecule has 0 atom stereocenters. The van der Waals surface area contributed by atoms with Gasteiger partial charge in [0.15, 0.2) is 17.4 Å². The molecule has 33 heavy (non-hydrogen) atoms. The Kier molecular flexibility index (Phi) is 4.93. The van der Waals surface area contributed by atoms with E-state index in [1.54, 1.807) is 11.3 Å². The van der Waals surface area contributed by atoms with Crippen molar-refractivity contribution in [1.82, 2.24) is 19.6 Å². The summed E-state index contributed by atoms with van der Waals surface area (Å²) in [5.41, 5.74) is 1.71. The molecule has 0 radical (unpaired) electrons. The summed E-state index contributed by atoms with van der Waals surface area (Å²) >= 11 is 0. The first kappa shape index (κ1) is 21.1. The Morgan fingerprint density at radius 3 is 2.70 bits per heavy atom. The van der Waals surface area contributed by atoms with Crippen molar-refractivity contribution in [2.45, 2.75) is 34.1 Å². The lowest BCUT2D eigenvalue weighted by molar-refractivity contribution is 0.322. The Morgan fingerprint density at radius 2 is 1.91 bits per heavy atom. The Bertz CT molecular complexity index is 1460. The summed E-state index contributed by atoms with van der Waals surface area (Å²) in [6.07, 6.45) is 0.665. The first-order valence-electron chi connectivity index (χ1n) is 10.8. The van der Waals surface area contributed by atoms with E-state index in [0.717, 1.165) is 11.6 Å². The van der Waals surface area contributed by atoms with Crippen LogP contribution in [0.2, 0.25) is 0 Å². The maximum Gasteiger partial charge on any atom is 0.257 e. The fraction of sp³-hybridized carbons (Fsp3) is 0.320. The number of rotatable bonds is 1. The van der Waals surface area contributed by atoms with Crippen molar-refractivity contribution >= 4 is 28.2 Å². The largest absolute Gasteiger partial charge is 0.490 e. The number of ether oxygens (including phenoxy) is 1. The molecule has 8 heteroatoms. The number of nitrogens with zero attached hydrogens (tertiary/aromatic N) is 5. The fourth-order valence-electron chi connectivity index (χ4n) is 3.97. The van der Waals surface area contributed by atoms with Crippen LogP contribution in [0.4, 0.5) is 20.3 Å². The molecule has 2 aromatic carbocycles. The third-order valence-electron chi connectivity index (χ3n) is 5.44. The van der Waals surface area contributed by atoms with E-state index >= 15 is 4.39 Å². The van der Waals surface area contributed by atoms with Gasteiger partial charge < -0.3 is 9.64 Å². The predicted octanol–water partition coefficient (Wildman–Crippen LogP) is 5.18. The van der Waals surface area contributed by atoms with Crippen LogP contribution in [0.1, 0.15) is 38.6 Å². The van der Waals surface area contributed by atoms with Crippen molar-refractivity contribution in [3.63, 3.8) is 0 Å². The van der Waals surface area contributed by atoms with Crippen LogP contribution in [0.15, 0.2) is 30.3 Å². The summed E-state index contributed by atoms with van der Waals surface area (Å²) in [5.74, 6) is 6.30. The van der Waals surface area contributed by atoms with Gasteiger partial charge in [-0.1, -0.05) is 17.9 Å². The van der Waals surface area contributed by atoms with Gasteiger partial charge in [0.25, 0.3) is 5.78 Å². The number of aryl methyl sites for hydroxylation is 1. The van der Waals surface area contributed by atoms with E-state index < -0.39 is 11.6 Å². The third-order valence-corrected chi connectivity index (χ3v) is 5.44. The highest BCUT2D eigenvalue weighted by atomic mass is 19.2. The Labute approximate surface area is 190 Å². The summed E-state index contributed by atoms with van der Waals surface area (Å²) < 4.78 is 37.3. The standard InChI is InChI=1S/C25H23F2N5O/c1-15-29-30-24-28-23(20-18(32(15)24)10-9-17(26)21(20)27)31-13-6-14-33-22-16(7-5-8-19(22)31)11-12-25(2,3)4/h5,7-10H,6,13-14H2,1-4H3. The number of hydrogen-bond acceptors (Lipinski definition) is 5. The molecule has 1 aliphatic heterocycles. The molecule has 0 N–H and O–H groups in total. The van der Waals surface area contributed by atoms with Gasteiger partial charge in [-0.15, -0.1) is 10.2 Å². The van der Waals surface area contributed by atoms with Crippen molar-refractivity contribution < 1.29 is 13.5 Å². The minimum atomic E-state index is -0.958. The highest BCUT2D eigenvalue weighted by Gasteiger charge is 2.27. The highest BCUT2D eigenvalue weighted by molar-refractivity contribution is 5.95. The van der Waals surface area contributed by atoms with Gasteiger partial charge in [-0.3, -0.25) is 4.40 Å². The smallest absolute Gasteiger partial charge is 0.257 e. The van der Waals surface area contributed by atoms with Gasteiger partial charge in [-0.2, -0.15) is 4.98 Å². The molecule has 0 aliphatic carbocycles. The van der Waals surface area contributed by atoms with Crippen molar-refractivity contribution in [3.05, 3.63) is 53.4 Å². The molecule has 0 bridgehead atoms. The van der Waals surface area contributed by atoms with Crippen molar-refractivity contribution in [2.24, 2.45) is 5.41 Å². The number of fused-ring (bicyclic) bond motifs is 4. The van der Waals surface area contributed by atoms with E-state index in [0.29, 0.717) is 48.1 Å². The highest BCUT2D eigenvalue weighted by Crippen LogP contribution is 2.41. The first-order chi connectivity index (χ1) is 15.7. The Morgan fingerprint density at radius 1 is 1.09 bits per heavy atom. The van der Waals surface area contributed by atoms with Crippen LogP contribution < -0.4 is 9.64 Å². The second-order valence-electron chi connectivity index (χ2n) is 9.08. The number of para-hydroxylation sites is 1. The summed E-state index contributed by atoms with van der Waals surface area (Å²) in [6.45, 7) is 8.84. The van der Waals surface area contributed by atoms with E-state index in [9.17, 15) is 4.39 Å². The summed E-state index contributed by atoms with van der Waals surface area (Å²) in [7, 11) is 0. The van der Waals surface area contributed by atoms with Gasteiger partial charge in [0.2, 0.25) is 0 Å². The third kappa shape index (κ3) is 3.63. The molecule has 168 valence electrons. The SMILES string of the molecule is Cc1nnc2nc(N3CCCOc4c(C#CC(C)(C)C)cccc43)c3c(F)c(F)ccc3n12. The van der Waals surface area contributed by atoms with Gasteiger partial charge in [-0.05, 0) is 58.4 Å². The van der Waals surface area contributed by atoms with E-state index in [2.05, 4.69) is 27.0 Å². The summed E-state index contributed by atoms with van der Waals surface area (Å²) in [6, 6.07) is 8.31. The molecule has 6 nitrogen and oxygen atoms in total. The lowest BCUT2D eigenvalue weighted by Crippen LogP contribution is -2.20. The molecule has 0 fully saturated rings. The topological polar surface area (TPSA) is 55.5 Å². The molecule has 0 amide bonds. The predicted molar refractivity (Wildman–Crippen MR) is 123 cm³/mol. The van der Waals surface area contributed by atoms with Gasteiger partial charge in [0.05, 0.1) is 28.8 Å². The van der Waals surface area contributed by atoms with E-state index in [4.69, 9.17) is 4.74 Å². The lowest BCUT2D eigenvalue weighted by atomic mass is 9.97. The van der Waals surface area contributed by atoms with Crippen LogP contribution in [0.3, 0.4) is 0 Å². The monoisotopic (exact) mass is 447 g/mol. The number of benzene rings is 2. The van der Waals surface area contributed by atoms with E-state index in [-0.39, 0.29) is 16.6 Å². The molecule has 0 spiro atoms. The summed E-state index contributed by atoms with van der Waals surface area (Å²) in [5, 5.41) is 8.29. The summed E-state index contributed by atoms with van der Waals surface area (Å²) in [4.78, 5) is 6.48. The minimum absolute atomic E-state index is 0.0735. The number of halogens is 2. The van der Waals surface area contributed by atoms with Gasteiger partial charge >= 0.3 is 0 Å². The Balaban J connectivity index is 1.80. The van der Waals surface area contributed by atoms with Gasteiger partial charge in [0, 0.05) is 12.0 Å². The number of anilines is 2. The van der Waals surface area contributed by atoms with Crippen LogP contribution in [-0.2, 0) is 0 Å². The van der Waals surface area contributed by atoms with Gasteiger partial charge in [0.1, 0.15) is 11.6 Å². The van der Waals surface area contributed by atoms with Crippen LogP contribution in [0.25, 0.3) is 16.7 Å². The second kappa shape index (κ2) is 7.69. The van der Waals surface area contributed by atoms with Crippen LogP contribution in [-0.4, -0.2) is 32.7 Å². The molecular weight excluding hydrogens is 424 g/mol. The molecule has 5 rings (SSSR count). The Hall–Kier alpha value is -3.73. The quantitative estimate of drug-likeness (QED) is 0.376. The van der Waals surface area contributed by atoms with Crippen LogP contribution in [0, 0.1) is 35.8 Å². The first-order valence-corrected chi connectivity index (χ1v) is 10.8. The van der Waals surface area contributed by atoms with Gasteiger partial charge in [-0.25, -0.2) is 8.78 Å². The zero-order valence-electron chi connectivity index (χ0n) is 18.9. The normalized spacial score (nSPS) is 13.9. The molecule has 3 heterocycles. The van der Waals surface area contributed by atoms with Crippen LogP contribution in [0.5, 0.6) is 5.75 Å². The van der Waals surface area contributed by atoms with Crippen molar-refractivity contribution in [1.29, 1.82) is 0 Å². The molecule has 0 unspecified atom stereocenters. The fourth-order valence-corrected chi connectivity index (χ4v) is 3.97. The maximum atomic E-state index is 15.2. The zero-order chi connectivity index (χ0) is 23.3. The minimum Gasteiger partial charge on any atom is -0.490 e. The molecule has 0 saturated carbocycles. The molecular formula is C25H23F2N5O. The average Bonchev–Trinajstić information content (AvgIpc) is 3.01. The number of aromatic nitrogens is 4. The molecule has 4 aromatic rings.